The fourth-order valence-corrected chi connectivity index (χ4v) is 7.22. The van der Waals surface area contributed by atoms with Gasteiger partial charge in [0.25, 0.3) is 0 Å². The van der Waals surface area contributed by atoms with Crippen molar-refractivity contribution in [2.75, 3.05) is 0 Å². The highest BCUT2D eigenvalue weighted by Gasteiger charge is 2.60. The number of rotatable bonds is 0. The van der Waals surface area contributed by atoms with Gasteiger partial charge in [-0.25, -0.2) is 0 Å². The number of aliphatic hydroxyl groups is 1. The van der Waals surface area contributed by atoms with Gasteiger partial charge in [-0.1, -0.05) is 32.4 Å². The van der Waals surface area contributed by atoms with Gasteiger partial charge >= 0.3 is 0 Å². The zero-order valence-corrected chi connectivity index (χ0v) is 13.9. The predicted octanol–water partition coefficient (Wildman–Crippen LogP) is 4.95. The largest absolute Gasteiger partial charge is 0.393 e. The van der Waals surface area contributed by atoms with Crippen LogP contribution in [0.4, 0.5) is 0 Å². The third-order valence-electron chi connectivity index (χ3n) is 8.67. The van der Waals surface area contributed by atoms with E-state index in [-0.39, 0.29) is 11.5 Å². The first-order chi connectivity index (χ1) is 9.98. The van der Waals surface area contributed by atoms with Crippen molar-refractivity contribution in [1.82, 2.24) is 0 Å². The molecule has 21 heavy (non-hydrogen) atoms. The molecule has 0 bridgehead atoms. The van der Waals surface area contributed by atoms with Gasteiger partial charge in [0.2, 0.25) is 0 Å². The number of allylic oxidation sites excluding steroid dienone is 1. The Labute approximate surface area is 130 Å². The molecule has 4 rings (SSSR count). The summed E-state index contributed by atoms with van der Waals surface area (Å²) in [7, 11) is 0. The topological polar surface area (TPSA) is 20.2 Å². The van der Waals surface area contributed by atoms with Crippen LogP contribution in [0.5, 0.6) is 0 Å². The van der Waals surface area contributed by atoms with Gasteiger partial charge in [0, 0.05) is 0 Å². The SMILES string of the molecule is C=C1CC[C@H]2[C@@H]3CCC4CCCC(O)[C@]4(C)[C@H]3CC[C@]12C. The molecule has 4 saturated carbocycles. The summed E-state index contributed by atoms with van der Waals surface area (Å²) in [5.74, 6) is 3.28. The molecule has 0 aromatic heterocycles. The second-order valence-corrected chi connectivity index (χ2v) is 9.06. The van der Waals surface area contributed by atoms with Crippen LogP contribution >= 0.6 is 0 Å². The first-order valence-corrected chi connectivity index (χ1v) is 9.34. The molecule has 0 aliphatic heterocycles. The van der Waals surface area contributed by atoms with E-state index in [4.69, 9.17) is 0 Å². The van der Waals surface area contributed by atoms with E-state index in [1.165, 1.54) is 56.9 Å². The second-order valence-electron chi connectivity index (χ2n) is 9.06. The average molecular weight is 288 g/mol. The molecule has 2 unspecified atom stereocenters. The summed E-state index contributed by atoms with van der Waals surface area (Å²) in [6, 6.07) is 0. The Morgan fingerprint density at radius 3 is 2.62 bits per heavy atom. The minimum Gasteiger partial charge on any atom is -0.393 e. The lowest BCUT2D eigenvalue weighted by Gasteiger charge is -2.61. The quantitative estimate of drug-likeness (QED) is 0.626. The number of aliphatic hydroxyl groups excluding tert-OH is 1. The highest BCUT2D eigenvalue weighted by atomic mass is 16.3. The molecule has 0 radical (unpaired) electrons. The molecule has 4 fully saturated rings. The molecule has 0 amide bonds. The molecule has 0 saturated heterocycles. The number of hydrogen-bond donors (Lipinski definition) is 1. The fourth-order valence-electron chi connectivity index (χ4n) is 7.22. The van der Waals surface area contributed by atoms with Crippen LogP contribution < -0.4 is 0 Å². The summed E-state index contributed by atoms with van der Waals surface area (Å²) < 4.78 is 0. The van der Waals surface area contributed by atoms with Crippen molar-refractivity contribution in [2.24, 2.45) is 34.5 Å². The van der Waals surface area contributed by atoms with Crippen LogP contribution in [0.15, 0.2) is 12.2 Å². The van der Waals surface area contributed by atoms with Crippen molar-refractivity contribution >= 4 is 0 Å². The van der Waals surface area contributed by atoms with Gasteiger partial charge in [-0.2, -0.15) is 0 Å². The van der Waals surface area contributed by atoms with E-state index in [1.807, 2.05) is 0 Å². The molecule has 1 nitrogen and oxygen atoms in total. The van der Waals surface area contributed by atoms with Crippen molar-refractivity contribution in [2.45, 2.75) is 77.7 Å². The van der Waals surface area contributed by atoms with Gasteiger partial charge in [0.05, 0.1) is 6.10 Å². The van der Waals surface area contributed by atoms with E-state index in [1.54, 1.807) is 0 Å². The highest BCUT2D eigenvalue weighted by Crippen LogP contribution is 2.67. The van der Waals surface area contributed by atoms with Gasteiger partial charge in [0.15, 0.2) is 0 Å². The summed E-state index contributed by atoms with van der Waals surface area (Å²) >= 11 is 0. The first-order valence-electron chi connectivity index (χ1n) is 9.34. The normalized spacial score (nSPS) is 56.5. The van der Waals surface area contributed by atoms with Crippen LogP contribution in [0.3, 0.4) is 0 Å². The molecular formula is C20H32O. The van der Waals surface area contributed by atoms with Crippen LogP contribution in [-0.4, -0.2) is 11.2 Å². The summed E-state index contributed by atoms with van der Waals surface area (Å²) in [5.41, 5.74) is 2.17. The van der Waals surface area contributed by atoms with Crippen molar-refractivity contribution in [3.63, 3.8) is 0 Å². The Bertz CT molecular complexity index is 455. The zero-order valence-electron chi connectivity index (χ0n) is 13.9. The van der Waals surface area contributed by atoms with Gasteiger partial charge < -0.3 is 5.11 Å². The van der Waals surface area contributed by atoms with Crippen LogP contribution in [0.2, 0.25) is 0 Å². The molecule has 4 aliphatic rings. The Hall–Kier alpha value is -0.300. The molecule has 4 aliphatic carbocycles. The third kappa shape index (κ3) is 1.73. The van der Waals surface area contributed by atoms with Crippen LogP contribution in [0.25, 0.3) is 0 Å². The van der Waals surface area contributed by atoms with Crippen molar-refractivity contribution < 1.29 is 5.11 Å². The van der Waals surface area contributed by atoms with Crippen molar-refractivity contribution in [3.05, 3.63) is 12.2 Å². The lowest BCUT2D eigenvalue weighted by molar-refractivity contribution is -0.156. The molecule has 0 spiro atoms. The molecule has 1 heteroatoms. The van der Waals surface area contributed by atoms with Gasteiger partial charge in [0.1, 0.15) is 0 Å². The number of fused-ring (bicyclic) bond motifs is 5. The summed E-state index contributed by atoms with van der Waals surface area (Å²) in [4.78, 5) is 0. The van der Waals surface area contributed by atoms with Crippen molar-refractivity contribution in [3.8, 4) is 0 Å². The van der Waals surface area contributed by atoms with E-state index in [0.29, 0.717) is 5.41 Å². The Balaban J connectivity index is 1.69. The zero-order chi connectivity index (χ0) is 14.8. The third-order valence-corrected chi connectivity index (χ3v) is 8.67. The van der Waals surface area contributed by atoms with Crippen LogP contribution in [-0.2, 0) is 0 Å². The summed E-state index contributed by atoms with van der Waals surface area (Å²) in [6.07, 6.45) is 11.7. The predicted molar refractivity (Wildman–Crippen MR) is 86.9 cm³/mol. The summed E-state index contributed by atoms with van der Waals surface area (Å²) in [5, 5.41) is 10.8. The highest BCUT2D eigenvalue weighted by molar-refractivity contribution is 5.21. The summed E-state index contributed by atoms with van der Waals surface area (Å²) in [6.45, 7) is 9.36. The van der Waals surface area contributed by atoms with E-state index < -0.39 is 0 Å². The Kier molecular flexibility index (Phi) is 3.13. The Morgan fingerprint density at radius 2 is 1.81 bits per heavy atom. The van der Waals surface area contributed by atoms with Gasteiger partial charge in [-0.3, -0.25) is 0 Å². The van der Waals surface area contributed by atoms with E-state index >= 15 is 0 Å². The number of hydrogen-bond acceptors (Lipinski definition) is 1. The molecule has 0 aromatic carbocycles. The molecule has 1 N–H and O–H groups in total. The molecule has 7 atom stereocenters. The lowest BCUT2D eigenvalue weighted by Crippen LogP contribution is -2.57. The maximum atomic E-state index is 10.8. The molecule has 0 heterocycles. The lowest BCUT2D eigenvalue weighted by atomic mass is 9.44. The minimum atomic E-state index is -0.0435. The maximum absolute atomic E-state index is 10.8. The smallest absolute Gasteiger partial charge is 0.0599 e. The molecule has 118 valence electrons. The van der Waals surface area contributed by atoms with E-state index in [0.717, 1.165) is 30.1 Å². The van der Waals surface area contributed by atoms with Gasteiger partial charge in [-0.15, -0.1) is 0 Å². The van der Waals surface area contributed by atoms with Crippen molar-refractivity contribution in [1.29, 1.82) is 0 Å². The fraction of sp³-hybridized carbons (Fsp3) is 0.900. The maximum Gasteiger partial charge on any atom is 0.0599 e. The minimum absolute atomic E-state index is 0.0435. The average Bonchev–Trinajstić information content (AvgIpc) is 2.76. The first kappa shape index (κ1) is 14.3. The monoisotopic (exact) mass is 288 g/mol. The van der Waals surface area contributed by atoms with E-state index in [2.05, 4.69) is 20.4 Å². The Morgan fingerprint density at radius 1 is 1.00 bits per heavy atom. The molecular weight excluding hydrogens is 256 g/mol. The standard InChI is InChI=1S/C20H32O/c1-13-7-10-16-15-9-8-14-5-4-6-18(21)20(14,3)17(15)11-12-19(13,16)2/h14-18,21H,1,4-12H2,2-3H3/t14?,15-,16-,17-,18?,19+,20-/m0/s1. The second kappa shape index (κ2) is 4.60. The van der Waals surface area contributed by atoms with Crippen LogP contribution in [0, 0.1) is 34.5 Å². The van der Waals surface area contributed by atoms with E-state index in [9.17, 15) is 5.11 Å². The van der Waals surface area contributed by atoms with Gasteiger partial charge in [-0.05, 0) is 85.9 Å². The van der Waals surface area contributed by atoms with Crippen LogP contribution in [0.1, 0.15) is 71.6 Å². The molecule has 0 aromatic rings.